The van der Waals surface area contributed by atoms with E-state index in [4.69, 9.17) is 18.9 Å². The summed E-state index contributed by atoms with van der Waals surface area (Å²) in [7, 11) is 0. The Labute approximate surface area is 229 Å². The van der Waals surface area contributed by atoms with E-state index in [0.717, 1.165) is 17.4 Å². The third-order valence-corrected chi connectivity index (χ3v) is 6.60. The first kappa shape index (κ1) is 30.1. The third-order valence-electron chi connectivity index (χ3n) is 5.61. The number of aliphatic imine (C=N–C) groups is 1. The number of nitrogens with zero attached hydrogens (tertiary/aromatic N) is 1. The van der Waals surface area contributed by atoms with Gasteiger partial charge in [-0.05, 0) is 44.9 Å². The van der Waals surface area contributed by atoms with Gasteiger partial charge in [0.15, 0.2) is 6.10 Å². The molecule has 210 valence electrons. The molecule has 0 fully saturated rings. The zero-order valence-electron chi connectivity index (χ0n) is 22.0. The van der Waals surface area contributed by atoms with Crippen LogP contribution >= 0.6 is 11.8 Å². The Kier molecular flexibility index (Phi) is 10.4. The van der Waals surface area contributed by atoms with Gasteiger partial charge in [0.2, 0.25) is 0 Å². The van der Waals surface area contributed by atoms with Gasteiger partial charge in [0.25, 0.3) is 0 Å². The van der Waals surface area contributed by atoms with Gasteiger partial charge >= 0.3 is 18.5 Å². The number of halogens is 3. The third kappa shape index (κ3) is 8.51. The smallest absolute Gasteiger partial charge is 0.433 e. The van der Waals surface area contributed by atoms with Gasteiger partial charge in [-0.3, -0.25) is 4.99 Å². The van der Waals surface area contributed by atoms with Crippen LogP contribution in [-0.4, -0.2) is 42.6 Å². The van der Waals surface area contributed by atoms with Crippen LogP contribution in [-0.2, 0) is 30.9 Å². The van der Waals surface area contributed by atoms with Crippen molar-refractivity contribution >= 4 is 29.8 Å². The molecule has 1 aliphatic heterocycles. The molecule has 0 bridgehead atoms. The Balaban J connectivity index is 1.82. The van der Waals surface area contributed by atoms with Crippen molar-refractivity contribution < 1.29 is 41.7 Å². The molecule has 3 rings (SSSR count). The number of ether oxygens (including phenoxy) is 4. The second kappa shape index (κ2) is 13.5. The largest absolute Gasteiger partial charge is 0.513 e. The summed E-state index contributed by atoms with van der Waals surface area (Å²) in [5.41, 5.74) is 0.280. The number of alkyl halides is 3. The summed E-state index contributed by atoms with van der Waals surface area (Å²) in [5, 5.41) is 0. The van der Waals surface area contributed by atoms with Crippen molar-refractivity contribution in [3.8, 4) is 0 Å². The molecule has 0 spiro atoms. The number of allylic oxidation sites excluding steroid dienone is 1. The van der Waals surface area contributed by atoms with Crippen LogP contribution in [0.4, 0.5) is 22.8 Å². The number of carbonyl (C=O) groups excluding carboxylic acids is 2. The van der Waals surface area contributed by atoms with Crippen LogP contribution in [0.25, 0.3) is 0 Å². The Morgan fingerprint density at radius 2 is 1.67 bits per heavy atom. The predicted molar refractivity (Wildman–Crippen MR) is 142 cm³/mol. The van der Waals surface area contributed by atoms with Crippen LogP contribution in [0.15, 0.2) is 71.0 Å². The summed E-state index contributed by atoms with van der Waals surface area (Å²) >= 11 is 1.55. The summed E-state index contributed by atoms with van der Waals surface area (Å²) in [4.78, 5) is 29.3. The van der Waals surface area contributed by atoms with Gasteiger partial charge in [-0.15, -0.1) is 0 Å². The lowest BCUT2D eigenvalue weighted by Gasteiger charge is -2.33. The van der Waals surface area contributed by atoms with Crippen molar-refractivity contribution in [3.63, 3.8) is 0 Å². The molecule has 2 aromatic carbocycles. The highest BCUT2D eigenvalue weighted by Crippen LogP contribution is 2.43. The van der Waals surface area contributed by atoms with Crippen LogP contribution in [0.1, 0.15) is 50.3 Å². The molecule has 7 nitrogen and oxygen atoms in total. The molecular formula is C28H30F3NO6S. The Hall–Kier alpha value is -3.47. The summed E-state index contributed by atoms with van der Waals surface area (Å²) in [6, 6.07) is 14.6. The van der Waals surface area contributed by atoms with Crippen molar-refractivity contribution in [3.05, 3.63) is 82.7 Å². The molecule has 0 radical (unpaired) electrons. The molecule has 1 heterocycles. The number of hydrogen-bond donors (Lipinski definition) is 0. The van der Waals surface area contributed by atoms with E-state index in [1.807, 2.05) is 30.3 Å². The minimum Gasteiger partial charge on any atom is -0.433 e. The lowest BCUT2D eigenvalue weighted by molar-refractivity contribution is -0.138. The van der Waals surface area contributed by atoms with Crippen LogP contribution in [0.2, 0.25) is 0 Å². The molecule has 0 saturated heterocycles. The van der Waals surface area contributed by atoms with E-state index in [1.165, 1.54) is 32.0 Å². The lowest BCUT2D eigenvalue weighted by atomic mass is 9.83. The quantitative estimate of drug-likeness (QED) is 0.230. The molecule has 2 unspecified atom stereocenters. The van der Waals surface area contributed by atoms with Gasteiger partial charge in [-0.1, -0.05) is 48.5 Å². The number of thioether (sulfide) groups is 1. The summed E-state index contributed by atoms with van der Waals surface area (Å²) in [5.74, 6) is -0.340. The zero-order chi connectivity index (χ0) is 28.6. The van der Waals surface area contributed by atoms with E-state index in [-0.39, 0.29) is 29.3 Å². The minimum absolute atomic E-state index is 0.0232. The van der Waals surface area contributed by atoms with E-state index in [2.05, 4.69) is 4.99 Å². The molecule has 0 aromatic heterocycles. The molecule has 11 heteroatoms. The fourth-order valence-electron chi connectivity index (χ4n) is 4.00. The molecule has 0 aliphatic carbocycles. The van der Waals surface area contributed by atoms with Gasteiger partial charge < -0.3 is 18.9 Å². The highest BCUT2D eigenvalue weighted by molar-refractivity contribution is 7.98. The van der Waals surface area contributed by atoms with Gasteiger partial charge in [0, 0.05) is 11.5 Å². The van der Waals surface area contributed by atoms with E-state index in [9.17, 15) is 22.8 Å². The monoisotopic (exact) mass is 565 g/mol. The molecule has 2 aromatic rings. The molecule has 1 aliphatic rings. The first-order valence-corrected chi connectivity index (χ1v) is 13.4. The number of rotatable bonds is 9. The van der Waals surface area contributed by atoms with E-state index < -0.39 is 42.2 Å². The SMILES string of the molecule is CC1=NC(C)=C(OC(=O)OCCSCc2ccccc2)C(c2ccccc2C(F)(F)F)C1OC(=O)OC(C)C. The van der Waals surface area contributed by atoms with E-state index >= 15 is 0 Å². The molecule has 39 heavy (non-hydrogen) atoms. The highest BCUT2D eigenvalue weighted by Gasteiger charge is 2.44. The second-order valence-corrected chi connectivity index (χ2v) is 10.1. The second-order valence-electron chi connectivity index (χ2n) is 8.96. The Bertz CT molecular complexity index is 1210. The average molecular weight is 566 g/mol. The minimum atomic E-state index is -4.72. The number of benzene rings is 2. The first-order valence-electron chi connectivity index (χ1n) is 12.2. The van der Waals surface area contributed by atoms with Crippen LogP contribution in [0.5, 0.6) is 0 Å². The van der Waals surface area contributed by atoms with E-state index in [1.54, 1.807) is 25.6 Å². The molecule has 0 saturated carbocycles. The van der Waals surface area contributed by atoms with Crippen molar-refractivity contribution in [2.45, 2.75) is 57.7 Å². The Morgan fingerprint density at radius 1 is 1.00 bits per heavy atom. The summed E-state index contributed by atoms with van der Waals surface area (Å²) < 4.78 is 63.1. The summed E-state index contributed by atoms with van der Waals surface area (Å²) in [6.07, 6.45) is -8.76. The molecule has 2 atom stereocenters. The predicted octanol–water partition coefficient (Wildman–Crippen LogP) is 7.51. The maximum atomic E-state index is 14.0. The highest BCUT2D eigenvalue weighted by atomic mass is 32.2. The van der Waals surface area contributed by atoms with Crippen molar-refractivity contribution in [1.29, 1.82) is 0 Å². The standard InChI is InChI=1S/C28H30F3NO6S/c1-17(2)36-27(34)38-25-19(4)32-18(3)24(23(25)21-12-8-9-13-22(21)28(29,30)31)37-26(33)35-14-15-39-16-20-10-6-5-7-11-20/h5-13,17,23,25H,14-16H2,1-4H3. The summed E-state index contributed by atoms with van der Waals surface area (Å²) in [6.45, 7) is 6.24. The van der Waals surface area contributed by atoms with Crippen LogP contribution in [0, 0.1) is 0 Å². The van der Waals surface area contributed by atoms with Gasteiger partial charge in [0.1, 0.15) is 12.4 Å². The number of hydrogen-bond acceptors (Lipinski definition) is 8. The van der Waals surface area contributed by atoms with Crippen LogP contribution in [0.3, 0.4) is 0 Å². The van der Waals surface area contributed by atoms with Crippen molar-refractivity contribution in [2.24, 2.45) is 4.99 Å². The fourth-order valence-corrected chi connectivity index (χ4v) is 4.77. The zero-order valence-corrected chi connectivity index (χ0v) is 22.8. The maximum Gasteiger partial charge on any atom is 0.513 e. The molecular weight excluding hydrogens is 535 g/mol. The number of carbonyl (C=O) groups is 2. The normalized spacial score (nSPS) is 17.5. The van der Waals surface area contributed by atoms with Gasteiger partial charge in [-0.2, -0.15) is 24.9 Å². The van der Waals surface area contributed by atoms with Crippen molar-refractivity contribution in [2.75, 3.05) is 12.4 Å². The van der Waals surface area contributed by atoms with Gasteiger partial charge in [0.05, 0.1) is 29.0 Å². The van der Waals surface area contributed by atoms with Crippen molar-refractivity contribution in [1.82, 2.24) is 0 Å². The fraction of sp³-hybridized carbons (Fsp3) is 0.393. The maximum absolute atomic E-state index is 14.0. The van der Waals surface area contributed by atoms with Crippen LogP contribution < -0.4 is 0 Å². The first-order chi connectivity index (χ1) is 18.5. The topological polar surface area (TPSA) is 83.4 Å². The lowest BCUT2D eigenvalue weighted by Crippen LogP contribution is -2.38. The molecule has 0 amide bonds. The van der Waals surface area contributed by atoms with Gasteiger partial charge in [-0.25, -0.2) is 9.59 Å². The Morgan fingerprint density at radius 3 is 2.33 bits per heavy atom. The van der Waals surface area contributed by atoms with E-state index in [0.29, 0.717) is 5.75 Å². The average Bonchev–Trinajstić information content (AvgIpc) is 2.86. The molecule has 0 N–H and O–H groups in total.